The van der Waals surface area contributed by atoms with Crippen molar-refractivity contribution >= 4 is 46.8 Å². The first-order valence-corrected chi connectivity index (χ1v) is 8.70. The van der Waals surface area contributed by atoms with Crippen LogP contribution in [-0.2, 0) is 0 Å². The Bertz CT molecular complexity index is 973. The molecule has 10 heteroatoms. The van der Waals surface area contributed by atoms with Gasteiger partial charge in [-0.05, 0) is 30.5 Å². The number of aromatic amines is 1. The highest BCUT2D eigenvalue weighted by Gasteiger charge is 2.25. The van der Waals surface area contributed by atoms with Crippen molar-refractivity contribution in [2.75, 3.05) is 26.2 Å². The van der Waals surface area contributed by atoms with Gasteiger partial charge in [0, 0.05) is 37.9 Å². The number of H-pyrrole nitrogens is 1. The average molecular weight is 431 g/mol. The van der Waals surface area contributed by atoms with Crippen LogP contribution in [0.25, 0.3) is 16.3 Å². The van der Waals surface area contributed by atoms with Crippen LogP contribution in [-0.4, -0.2) is 47.0 Å². The second kappa shape index (κ2) is 9.00. The molecule has 7 nitrogen and oxygen atoms in total. The monoisotopic (exact) mass is 430 g/mol. The van der Waals surface area contributed by atoms with E-state index in [2.05, 4.69) is 21.3 Å². The van der Waals surface area contributed by atoms with Crippen molar-refractivity contribution in [3.8, 4) is 0 Å². The number of hydrogen-bond donors (Lipinski definition) is 2. The van der Waals surface area contributed by atoms with Crippen molar-refractivity contribution in [3.05, 3.63) is 56.3 Å². The van der Waals surface area contributed by atoms with Gasteiger partial charge in [-0.2, -0.15) is 0 Å². The van der Waals surface area contributed by atoms with Crippen molar-refractivity contribution < 1.29 is 9.31 Å². The maximum absolute atomic E-state index is 13.6. The van der Waals surface area contributed by atoms with Crippen molar-refractivity contribution in [3.63, 3.8) is 0 Å². The quantitative estimate of drug-likeness (QED) is 0.576. The first-order valence-electron chi connectivity index (χ1n) is 8.70. The summed E-state index contributed by atoms with van der Waals surface area (Å²) >= 11 is 0. The molecule has 1 fully saturated rings. The fraction of sp³-hybridized carbons (Fsp3) is 0.389. The number of nitrogens with zero attached hydrogens (tertiary/aromatic N) is 2. The number of allylic oxidation sites excluding steroid dienone is 1. The van der Waals surface area contributed by atoms with Gasteiger partial charge in [-0.3, -0.25) is 19.8 Å². The minimum atomic E-state index is -0.790. The average Bonchev–Trinajstić information content (AvgIpc) is 3.12. The first kappa shape index (κ1) is 22.3. The molecule has 2 N–H and O–H groups in total. The van der Waals surface area contributed by atoms with Crippen LogP contribution < -0.4 is 10.9 Å². The Labute approximate surface area is 173 Å². The molecule has 2 aromatic rings. The number of nitro benzene ring substituents is 1. The van der Waals surface area contributed by atoms with E-state index in [-0.39, 0.29) is 41.3 Å². The molecule has 0 unspecified atom stereocenters. The van der Waals surface area contributed by atoms with Crippen LogP contribution in [0, 0.1) is 15.9 Å². The van der Waals surface area contributed by atoms with E-state index in [9.17, 15) is 19.3 Å². The van der Waals surface area contributed by atoms with Crippen LogP contribution in [0.1, 0.15) is 18.5 Å². The molecule has 1 aliphatic heterocycles. The summed E-state index contributed by atoms with van der Waals surface area (Å²) in [4.78, 5) is 28.2. The molecule has 0 amide bonds. The van der Waals surface area contributed by atoms with E-state index in [0.717, 1.165) is 56.7 Å². The van der Waals surface area contributed by atoms with Crippen molar-refractivity contribution in [1.82, 2.24) is 15.2 Å². The van der Waals surface area contributed by atoms with E-state index < -0.39 is 16.3 Å². The van der Waals surface area contributed by atoms with E-state index in [4.69, 9.17) is 0 Å². The predicted octanol–water partition coefficient (Wildman–Crippen LogP) is 2.87. The van der Waals surface area contributed by atoms with Gasteiger partial charge in [0.15, 0.2) is 0 Å². The minimum Gasteiger partial charge on any atom is -0.322 e. The van der Waals surface area contributed by atoms with Gasteiger partial charge in [0.05, 0.1) is 21.8 Å². The SMILES string of the molecule is Cl.Cl.O=c1[nH]c(C2=C[C@H](N3CCNCC3)CC2)cc2c([N+](=O)[O-])cc(F)cc12. The maximum Gasteiger partial charge on any atom is 0.280 e. The summed E-state index contributed by atoms with van der Waals surface area (Å²) in [5, 5.41) is 14.8. The van der Waals surface area contributed by atoms with Gasteiger partial charge in [-0.1, -0.05) is 6.08 Å². The number of nitrogens with one attached hydrogen (secondary N) is 2. The molecule has 1 aromatic carbocycles. The summed E-state index contributed by atoms with van der Waals surface area (Å²) in [5.41, 5.74) is 0.664. The highest BCUT2D eigenvalue weighted by atomic mass is 35.5. The molecule has 0 bridgehead atoms. The predicted molar refractivity (Wildman–Crippen MR) is 111 cm³/mol. The summed E-state index contributed by atoms with van der Waals surface area (Å²) in [6.45, 7) is 3.88. The van der Waals surface area contributed by atoms with Crippen molar-refractivity contribution in [2.24, 2.45) is 0 Å². The van der Waals surface area contributed by atoms with Crippen molar-refractivity contribution in [2.45, 2.75) is 18.9 Å². The van der Waals surface area contributed by atoms with Crippen LogP contribution in [0.3, 0.4) is 0 Å². The molecule has 0 saturated carbocycles. The zero-order valence-electron chi connectivity index (χ0n) is 14.9. The number of hydrogen-bond acceptors (Lipinski definition) is 5. The number of aromatic nitrogens is 1. The Hall–Kier alpha value is -2.00. The van der Waals surface area contributed by atoms with Gasteiger partial charge in [-0.25, -0.2) is 4.39 Å². The third kappa shape index (κ3) is 4.20. The zero-order valence-corrected chi connectivity index (χ0v) is 16.6. The molecule has 1 atom stereocenters. The third-order valence-electron chi connectivity index (χ3n) is 5.17. The van der Waals surface area contributed by atoms with Gasteiger partial charge in [0.1, 0.15) is 5.82 Å². The van der Waals surface area contributed by atoms with Crippen LogP contribution in [0.4, 0.5) is 10.1 Å². The Morgan fingerprint density at radius 1 is 1.14 bits per heavy atom. The van der Waals surface area contributed by atoms with E-state index in [1.807, 2.05) is 0 Å². The number of piperazine rings is 1. The summed E-state index contributed by atoms with van der Waals surface area (Å²) in [5.74, 6) is -0.790. The molecule has 4 rings (SSSR count). The lowest BCUT2D eigenvalue weighted by Gasteiger charge is -2.31. The fourth-order valence-electron chi connectivity index (χ4n) is 3.87. The molecule has 0 radical (unpaired) electrons. The second-order valence-electron chi connectivity index (χ2n) is 6.74. The van der Waals surface area contributed by atoms with Crippen LogP contribution >= 0.6 is 24.8 Å². The Kier molecular flexibility index (Phi) is 7.16. The van der Waals surface area contributed by atoms with Crippen LogP contribution in [0.2, 0.25) is 0 Å². The van der Waals surface area contributed by atoms with Crippen LogP contribution in [0.15, 0.2) is 29.1 Å². The first-order chi connectivity index (χ1) is 12.5. The Balaban J connectivity index is 0.00000140. The van der Waals surface area contributed by atoms with Gasteiger partial charge in [0.2, 0.25) is 0 Å². The standard InChI is InChI=1S/C18H19FN4O3.2ClH/c19-12-8-15-14(17(9-12)23(25)26)10-16(21-18(15)24)11-1-2-13(7-11)22-5-3-20-4-6-22;;/h7-10,13,20H,1-6H2,(H,21,24);2*1H/t13-;;/m1../s1. The third-order valence-corrected chi connectivity index (χ3v) is 5.17. The molecule has 152 valence electrons. The Morgan fingerprint density at radius 2 is 1.86 bits per heavy atom. The molecule has 1 aromatic heterocycles. The molecular weight excluding hydrogens is 410 g/mol. The molecule has 1 saturated heterocycles. The van der Waals surface area contributed by atoms with Crippen molar-refractivity contribution in [1.29, 1.82) is 0 Å². The van der Waals surface area contributed by atoms with E-state index in [1.54, 1.807) is 6.07 Å². The molecule has 28 heavy (non-hydrogen) atoms. The highest BCUT2D eigenvalue weighted by Crippen LogP contribution is 2.32. The lowest BCUT2D eigenvalue weighted by atomic mass is 10.1. The lowest BCUT2D eigenvalue weighted by Crippen LogP contribution is -2.47. The summed E-state index contributed by atoms with van der Waals surface area (Å²) < 4.78 is 13.6. The largest absolute Gasteiger partial charge is 0.322 e. The maximum atomic E-state index is 13.6. The van der Waals surface area contributed by atoms with Gasteiger partial charge in [-0.15, -0.1) is 24.8 Å². The number of pyridine rings is 1. The van der Waals surface area contributed by atoms with Gasteiger partial charge in [0.25, 0.3) is 11.2 Å². The second-order valence-corrected chi connectivity index (χ2v) is 6.74. The van der Waals surface area contributed by atoms with E-state index in [1.165, 1.54) is 0 Å². The Morgan fingerprint density at radius 3 is 2.54 bits per heavy atom. The topological polar surface area (TPSA) is 91.3 Å². The van der Waals surface area contributed by atoms with Gasteiger partial charge >= 0.3 is 0 Å². The zero-order chi connectivity index (χ0) is 18.3. The number of halogens is 3. The summed E-state index contributed by atoms with van der Waals surface area (Å²) in [6, 6.07) is 3.81. The molecular formula is C18H21Cl2FN4O3. The number of fused-ring (bicyclic) bond motifs is 1. The normalized spacial score (nSPS) is 19.6. The lowest BCUT2D eigenvalue weighted by molar-refractivity contribution is -0.383. The molecule has 1 aliphatic carbocycles. The summed E-state index contributed by atoms with van der Waals surface area (Å²) in [6.07, 6.45) is 3.89. The summed E-state index contributed by atoms with van der Waals surface area (Å²) in [7, 11) is 0. The van der Waals surface area contributed by atoms with Crippen LogP contribution in [0.5, 0.6) is 0 Å². The molecule has 0 spiro atoms. The smallest absolute Gasteiger partial charge is 0.280 e. The molecule has 2 aliphatic rings. The molecule has 2 heterocycles. The number of nitro groups is 1. The minimum absolute atomic E-state index is 0. The highest BCUT2D eigenvalue weighted by molar-refractivity contribution is 5.92. The van der Waals surface area contributed by atoms with E-state index >= 15 is 0 Å². The number of rotatable bonds is 3. The van der Waals surface area contributed by atoms with E-state index in [0.29, 0.717) is 11.7 Å². The number of benzene rings is 1. The number of non-ortho nitro benzene ring substituents is 1. The fourth-order valence-corrected chi connectivity index (χ4v) is 3.87. The van der Waals surface area contributed by atoms with Gasteiger partial charge < -0.3 is 10.3 Å².